The van der Waals surface area contributed by atoms with Crippen molar-refractivity contribution >= 4 is 17.7 Å². The van der Waals surface area contributed by atoms with Crippen LogP contribution >= 0.6 is 11.8 Å². The van der Waals surface area contributed by atoms with E-state index in [2.05, 4.69) is 5.32 Å². The number of hydrogen-bond acceptors (Lipinski definition) is 3. The number of nitrogens with one attached hydrogen (secondary N) is 1. The Labute approximate surface area is 128 Å². The second-order valence-corrected chi connectivity index (χ2v) is 7.43. The molecule has 21 heavy (non-hydrogen) atoms. The van der Waals surface area contributed by atoms with Crippen molar-refractivity contribution in [2.24, 2.45) is 0 Å². The molecule has 2 heterocycles. The zero-order valence-electron chi connectivity index (χ0n) is 11.8. The molecule has 0 bridgehead atoms. The lowest BCUT2D eigenvalue weighted by Gasteiger charge is -2.35. The first-order chi connectivity index (χ1) is 10.2. The van der Waals surface area contributed by atoms with E-state index in [4.69, 9.17) is 0 Å². The van der Waals surface area contributed by atoms with Gasteiger partial charge in [0.25, 0.3) is 0 Å². The summed E-state index contributed by atoms with van der Waals surface area (Å²) in [6.45, 7) is 0. The standard InChI is InChI=1S/C16H19FN2OS/c17-13-4-2-1-3-12(13)14-18-16(7-8-16)15(20)19(14)11-5-9-21-10-6-11/h1-4,11,14,18H,5-10H2. The van der Waals surface area contributed by atoms with Crippen molar-refractivity contribution in [2.45, 2.75) is 43.4 Å². The molecule has 112 valence electrons. The minimum atomic E-state index is -0.391. The largest absolute Gasteiger partial charge is 0.318 e. The molecule has 3 aliphatic rings. The van der Waals surface area contributed by atoms with Crippen LogP contribution in [0.15, 0.2) is 24.3 Å². The van der Waals surface area contributed by atoms with Gasteiger partial charge < -0.3 is 4.90 Å². The number of thioether (sulfide) groups is 1. The minimum Gasteiger partial charge on any atom is -0.318 e. The van der Waals surface area contributed by atoms with Gasteiger partial charge in [-0.05, 0) is 43.3 Å². The normalized spacial score (nSPS) is 28.3. The molecule has 1 atom stereocenters. The lowest BCUT2D eigenvalue weighted by molar-refractivity contribution is -0.133. The second kappa shape index (κ2) is 4.99. The Balaban J connectivity index is 1.70. The summed E-state index contributed by atoms with van der Waals surface area (Å²) in [5, 5.41) is 3.43. The quantitative estimate of drug-likeness (QED) is 0.912. The van der Waals surface area contributed by atoms with Crippen LogP contribution in [0.1, 0.15) is 37.4 Å². The fraction of sp³-hybridized carbons (Fsp3) is 0.562. The van der Waals surface area contributed by atoms with Crippen LogP contribution < -0.4 is 5.32 Å². The summed E-state index contributed by atoms with van der Waals surface area (Å²) in [6.07, 6.45) is 3.50. The highest BCUT2D eigenvalue weighted by atomic mass is 32.2. The second-order valence-electron chi connectivity index (χ2n) is 6.21. The van der Waals surface area contributed by atoms with E-state index in [1.165, 1.54) is 6.07 Å². The van der Waals surface area contributed by atoms with Gasteiger partial charge in [0, 0.05) is 11.6 Å². The smallest absolute Gasteiger partial charge is 0.244 e. The number of hydrogen-bond donors (Lipinski definition) is 1. The third-order valence-corrected chi connectivity index (χ3v) is 5.92. The number of halogens is 1. The number of benzene rings is 1. The molecule has 1 unspecified atom stereocenters. The van der Waals surface area contributed by atoms with Crippen LogP contribution in [-0.2, 0) is 4.79 Å². The molecular weight excluding hydrogens is 287 g/mol. The fourth-order valence-corrected chi connectivity index (χ4v) is 4.59. The number of carbonyl (C=O) groups is 1. The lowest BCUT2D eigenvalue weighted by Crippen LogP contribution is -2.42. The van der Waals surface area contributed by atoms with Crippen molar-refractivity contribution in [1.82, 2.24) is 10.2 Å². The van der Waals surface area contributed by atoms with E-state index in [1.54, 1.807) is 12.1 Å². The highest BCUT2D eigenvalue weighted by Crippen LogP contribution is 2.48. The van der Waals surface area contributed by atoms with Crippen LogP contribution in [0.4, 0.5) is 4.39 Å². The number of nitrogens with zero attached hydrogens (tertiary/aromatic N) is 1. The minimum absolute atomic E-state index is 0.188. The maximum Gasteiger partial charge on any atom is 0.244 e. The first-order valence-corrected chi connectivity index (χ1v) is 8.79. The summed E-state index contributed by atoms with van der Waals surface area (Å²) >= 11 is 1.94. The molecule has 1 N–H and O–H groups in total. The molecule has 3 fully saturated rings. The van der Waals surface area contributed by atoms with Gasteiger partial charge in [-0.25, -0.2) is 4.39 Å². The maximum atomic E-state index is 14.2. The highest BCUT2D eigenvalue weighted by Gasteiger charge is 2.60. The van der Waals surface area contributed by atoms with Gasteiger partial charge in [-0.2, -0.15) is 11.8 Å². The average molecular weight is 306 g/mol. The van der Waals surface area contributed by atoms with Gasteiger partial charge in [0.15, 0.2) is 0 Å². The molecular formula is C16H19FN2OS. The Morgan fingerprint density at radius 1 is 1.24 bits per heavy atom. The fourth-order valence-electron chi connectivity index (χ4n) is 3.50. The molecule has 1 spiro atoms. The Hall–Kier alpha value is -1.07. The van der Waals surface area contributed by atoms with Gasteiger partial charge in [0.1, 0.15) is 17.5 Å². The summed E-state index contributed by atoms with van der Waals surface area (Å²) in [5.74, 6) is 2.14. The van der Waals surface area contributed by atoms with Gasteiger partial charge in [-0.15, -0.1) is 0 Å². The average Bonchev–Trinajstić information content (AvgIpc) is 3.23. The van der Waals surface area contributed by atoms with Crippen molar-refractivity contribution in [3.63, 3.8) is 0 Å². The Bertz CT molecular complexity index is 569. The molecule has 5 heteroatoms. The monoisotopic (exact) mass is 306 g/mol. The van der Waals surface area contributed by atoms with E-state index >= 15 is 0 Å². The first kappa shape index (κ1) is 13.6. The molecule has 1 amide bonds. The van der Waals surface area contributed by atoms with Gasteiger partial charge in [0.05, 0.1) is 0 Å². The topological polar surface area (TPSA) is 32.3 Å². The third kappa shape index (κ3) is 2.18. The van der Waals surface area contributed by atoms with Crippen LogP contribution in [0, 0.1) is 5.82 Å². The Morgan fingerprint density at radius 2 is 1.95 bits per heavy atom. The first-order valence-electron chi connectivity index (χ1n) is 7.64. The summed E-state index contributed by atoms with van der Waals surface area (Å²) in [5.41, 5.74) is 0.213. The molecule has 0 radical (unpaired) electrons. The van der Waals surface area contributed by atoms with Crippen molar-refractivity contribution < 1.29 is 9.18 Å². The van der Waals surface area contributed by atoms with Gasteiger partial charge in [-0.1, -0.05) is 18.2 Å². The predicted molar refractivity (Wildman–Crippen MR) is 81.4 cm³/mol. The molecule has 1 aliphatic carbocycles. The maximum absolute atomic E-state index is 14.2. The zero-order chi connectivity index (χ0) is 14.4. The van der Waals surface area contributed by atoms with E-state index in [1.807, 2.05) is 22.7 Å². The molecule has 3 nitrogen and oxygen atoms in total. The van der Waals surface area contributed by atoms with E-state index in [0.29, 0.717) is 5.56 Å². The molecule has 2 aliphatic heterocycles. The van der Waals surface area contributed by atoms with E-state index in [0.717, 1.165) is 37.2 Å². The zero-order valence-corrected chi connectivity index (χ0v) is 12.7. The van der Waals surface area contributed by atoms with Gasteiger partial charge in [-0.3, -0.25) is 10.1 Å². The van der Waals surface area contributed by atoms with Crippen molar-refractivity contribution in [2.75, 3.05) is 11.5 Å². The van der Waals surface area contributed by atoms with E-state index in [-0.39, 0.29) is 23.9 Å². The van der Waals surface area contributed by atoms with Crippen molar-refractivity contribution in [3.8, 4) is 0 Å². The van der Waals surface area contributed by atoms with E-state index < -0.39 is 5.54 Å². The Kier molecular flexibility index (Phi) is 3.23. The van der Waals surface area contributed by atoms with Gasteiger partial charge in [0.2, 0.25) is 5.91 Å². The predicted octanol–water partition coefficient (Wildman–Crippen LogP) is 2.68. The van der Waals surface area contributed by atoms with Crippen LogP contribution in [0.3, 0.4) is 0 Å². The summed E-state index contributed by atoms with van der Waals surface area (Å²) in [6, 6.07) is 7.07. The number of amides is 1. The molecule has 0 aromatic heterocycles. The molecule has 1 saturated carbocycles. The van der Waals surface area contributed by atoms with Crippen molar-refractivity contribution in [1.29, 1.82) is 0 Å². The van der Waals surface area contributed by atoms with Gasteiger partial charge >= 0.3 is 0 Å². The molecule has 1 aromatic carbocycles. The van der Waals surface area contributed by atoms with Crippen LogP contribution in [-0.4, -0.2) is 33.9 Å². The van der Waals surface area contributed by atoms with Crippen LogP contribution in [0.25, 0.3) is 0 Å². The summed E-state index contributed by atoms with van der Waals surface area (Å²) < 4.78 is 14.2. The molecule has 4 rings (SSSR count). The summed E-state index contributed by atoms with van der Waals surface area (Å²) in [4.78, 5) is 14.8. The summed E-state index contributed by atoms with van der Waals surface area (Å²) in [7, 11) is 0. The molecule has 1 aromatic rings. The number of carbonyl (C=O) groups excluding carboxylic acids is 1. The number of rotatable bonds is 2. The third-order valence-electron chi connectivity index (χ3n) is 4.87. The van der Waals surface area contributed by atoms with E-state index in [9.17, 15) is 9.18 Å². The van der Waals surface area contributed by atoms with Crippen LogP contribution in [0.5, 0.6) is 0 Å². The SMILES string of the molecule is O=C1N(C2CCSCC2)C(c2ccccc2F)NC12CC2. The lowest BCUT2D eigenvalue weighted by atomic mass is 10.1. The molecule has 2 saturated heterocycles. The Morgan fingerprint density at radius 3 is 2.62 bits per heavy atom. The highest BCUT2D eigenvalue weighted by molar-refractivity contribution is 7.99. The van der Waals surface area contributed by atoms with Crippen LogP contribution in [0.2, 0.25) is 0 Å². The van der Waals surface area contributed by atoms with Crippen molar-refractivity contribution in [3.05, 3.63) is 35.6 Å².